The van der Waals surface area contributed by atoms with Crippen molar-refractivity contribution in [3.8, 4) is 5.75 Å². The van der Waals surface area contributed by atoms with E-state index in [1.807, 2.05) is 0 Å². The van der Waals surface area contributed by atoms with Crippen LogP contribution in [0.3, 0.4) is 0 Å². The van der Waals surface area contributed by atoms with E-state index in [-0.39, 0.29) is 40.8 Å². The van der Waals surface area contributed by atoms with Crippen LogP contribution in [0, 0.1) is 11.1 Å². The number of nitrogens with zero attached hydrogens (tertiary/aromatic N) is 3. The topological polar surface area (TPSA) is 76.1 Å². The van der Waals surface area contributed by atoms with E-state index in [9.17, 15) is 14.8 Å². The SMILES string of the molecule is CN1C(=O)COc2c(C(=O)N([O-])C3CN4CCC3CC4)cc(Cl)cc21. The van der Waals surface area contributed by atoms with E-state index in [2.05, 4.69) is 4.90 Å². The third kappa shape index (κ3) is 2.76. The zero-order chi connectivity index (χ0) is 17.7. The summed E-state index contributed by atoms with van der Waals surface area (Å²) in [6.07, 6.45) is 1.89. The number of fused-ring (bicyclic) bond motifs is 4. The molecule has 2 amide bonds. The van der Waals surface area contributed by atoms with E-state index in [0.29, 0.717) is 17.3 Å². The van der Waals surface area contributed by atoms with E-state index >= 15 is 0 Å². The summed E-state index contributed by atoms with van der Waals surface area (Å²) in [4.78, 5) is 28.3. The van der Waals surface area contributed by atoms with Gasteiger partial charge in [-0.25, -0.2) is 0 Å². The third-order valence-electron chi connectivity index (χ3n) is 5.46. The molecule has 4 aliphatic rings. The number of halogens is 1. The van der Waals surface area contributed by atoms with Crippen LogP contribution in [0.2, 0.25) is 5.02 Å². The average molecular weight is 365 g/mol. The summed E-state index contributed by atoms with van der Waals surface area (Å²) in [5.41, 5.74) is 0.530. The Morgan fingerprint density at radius 3 is 2.72 bits per heavy atom. The third-order valence-corrected chi connectivity index (χ3v) is 5.68. The normalized spacial score (nSPS) is 27.7. The van der Waals surface area contributed by atoms with Crippen molar-refractivity contribution >= 4 is 29.1 Å². The van der Waals surface area contributed by atoms with Crippen molar-refractivity contribution in [3.05, 3.63) is 27.9 Å². The van der Waals surface area contributed by atoms with Gasteiger partial charge in [0.2, 0.25) is 5.91 Å². The van der Waals surface area contributed by atoms with Crippen LogP contribution in [0.15, 0.2) is 12.1 Å². The monoisotopic (exact) mass is 364 g/mol. The second-order valence-electron chi connectivity index (χ2n) is 6.88. The van der Waals surface area contributed by atoms with E-state index in [1.54, 1.807) is 13.1 Å². The van der Waals surface area contributed by atoms with Gasteiger partial charge in [0.15, 0.2) is 12.4 Å². The van der Waals surface area contributed by atoms with Gasteiger partial charge in [0.05, 0.1) is 11.3 Å². The van der Waals surface area contributed by atoms with Gasteiger partial charge in [-0.1, -0.05) is 11.6 Å². The van der Waals surface area contributed by atoms with Gasteiger partial charge in [0.25, 0.3) is 5.91 Å². The van der Waals surface area contributed by atoms with Crippen molar-refractivity contribution in [3.63, 3.8) is 0 Å². The summed E-state index contributed by atoms with van der Waals surface area (Å²) in [7, 11) is 1.59. The predicted octanol–water partition coefficient (Wildman–Crippen LogP) is 1.73. The molecule has 0 N–H and O–H groups in total. The number of benzene rings is 1. The van der Waals surface area contributed by atoms with Crippen LogP contribution in [0.4, 0.5) is 5.69 Å². The fraction of sp³-hybridized carbons (Fsp3) is 0.529. The quantitative estimate of drug-likeness (QED) is 0.747. The lowest BCUT2D eigenvalue weighted by atomic mass is 9.83. The first kappa shape index (κ1) is 16.6. The molecule has 0 aliphatic carbocycles. The minimum absolute atomic E-state index is 0.119. The Morgan fingerprint density at radius 1 is 1.36 bits per heavy atom. The molecular formula is C17H19ClN3O4-. The molecule has 8 heteroatoms. The molecule has 0 saturated carbocycles. The highest BCUT2D eigenvalue weighted by Gasteiger charge is 2.37. The lowest BCUT2D eigenvalue weighted by Crippen LogP contribution is -2.57. The highest BCUT2D eigenvalue weighted by molar-refractivity contribution is 6.31. The van der Waals surface area contributed by atoms with Gasteiger partial charge in [0, 0.05) is 24.7 Å². The van der Waals surface area contributed by atoms with Gasteiger partial charge >= 0.3 is 0 Å². The Kier molecular flexibility index (Phi) is 4.10. The molecule has 1 atom stereocenters. The Balaban J connectivity index is 1.66. The maximum Gasteiger partial charge on any atom is 0.264 e. The maximum absolute atomic E-state index is 12.9. The number of hydrogen-bond donors (Lipinski definition) is 0. The molecule has 1 unspecified atom stereocenters. The fourth-order valence-corrected chi connectivity index (χ4v) is 4.19. The van der Waals surface area contributed by atoms with Crippen LogP contribution in [-0.2, 0) is 4.79 Å². The van der Waals surface area contributed by atoms with Gasteiger partial charge in [-0.05, 0) is 44.0 Å². The molecule has 25 heavy (non-hydrogen) atoms. The fourth-order valence-electron chi connectivity index (χ4n) is 3.97. The van der Waals surface area contributed by atoms with E-state index in [1.165, 1.54) is 11.0 Å². The largest absolute Gasteiger partial charge is 0.756 e. The predicted molar refractivity (Wildman–Crippen MR) is 92.8 cm³/mol. The second-order valence-corrected chi connectivity index (χ2v) is 7.32. The number of hydroxylamine groups is 2. The summed E-state index contributed by atoms with van der Waals surface area (Å²) in [5, 5.41) is 13.7. The van der Waals surface area contributed by atoms with Gasteiger partial charge in [0.1, 0.15) is 0 Å². The summed E-state index contributed by atoms with van der Waals surface area (Å²) < 4.78 is 5.47. The number of rotatable bonds is 2. The molecule has 5 rings (SSSR count). The molecule has 0 spiro atoms. The first-order chi connectivity index (χ1) is 12.0. The Morgan fingerprint density at radius 2 is 2.08 bits per heavy atom. The zero-order valence-electron chi connectivity index (χ0n) is 13.9. The summed E-state index contributed by atoms with van der Waals surface area (Å²) >= 11 is 6.12. The van der Waals surface area contributed by atoms with Crippen LogP contribution in [0.5, 0.6) is 5.75 Å². The standard InChI is InChI=1S/C17H19ClN3O4/c1-19-13-7-11(18)6-12(16(13)25-9-15(19)22)17(23)21(24)14-8-20-4-2-10(14)3-5-20/h6-7,10,14H,2-5,8-9H2,1H3/q-1. The molecule has 2 bridgehead atoms. The first-order valence-corrected chi connectivity index (χ1v) is 8.79. The molecule has 4 heterocycles. The number of likely N-dealkylation sites (N-methyl/N-ethyl adjacent to an activating group) is 1. The number of anilines is 1. The number of carbonyl (C=O) groups is 2. The van der Waals surface area contributed by atoms with Crippen molar-refractivity contribution in [2.24, 2.45) is 5.92 Å². The minimum Gasteiger partial charge on any atom is -0.756 e. The van der Waals surface area contributed by atoms with Gasteiger partial charge in [-0.15, -0.1) is 0 Å². The van der Waals surface area contributed by atoms with Gasteiger partial charge < -0.3 is 24.8 Å². The molecule has 0 aromatic heterocycles. The van der Waals surface area contributed by atoms with Crippen LogP contribution < -0.4 is 9.64 Å². The number of amides is 2. The minimum atomic E-state index is -0.653. The summed E-state index contributed by atoms with van der Waals surface area (Å²) in [6.45, 7) is 2.43. The highest BCUT2D eigenvalue weighted by atomic mass is 35.5. The van der Waals surface area contributed by atoms with E-state index < -0.39 is 5.91 Å². The summed E-state index contributed by atoms with van der Waals surface area (Å²) in [6, 6.07) is 2.67. The Labute approximate surface area is 150 Å². The van der Waals surface area contributed by atoms with Crippen molar-refractivity contribution < 1.29 is 14.3 Å². The maximum atomic E-state index is 12.9. The molecule has 4 aliphatic heterocycles. The molecule has 134 valence electrons. The molecule has 3 saturated heterocycles. The highest BCUT2D eigenvalue weighted by Crippen LogP contribution is 2.39. The molecule has 3 fully saturated rings. The Hall–Kier alpha value is -1.83. The van der Waals surface area contributed by atoms with E-state index in [0.717, 1.165) is 25.9 Å². The van der Waals surface area contributed by atoms with Crippen LogP contribution in [0.1, 0.15) is 23.2 Å². The molecular weight excluding hydrogens is 346 g/mol. The number of piperidine rings is 3. The van der Waals surface area contributed by atoms with Crippen LogP contribution in [-0.4, -0.2) is 61.1 Å². The van der Waals surface area contributed by atoms with Gasteiger partial charge in [-0.2, -0.15) is 0 Å². The molecule has 0 radical (unpaired) electrons. The summed E-state index contributed by atoms with van der Waals surface area (Å²) in [5.74, 6) is -0.393. The first-order valence-electron chi connectivity index (χ1n) is 8.41. The van der Waals surface area contributed by atoms with Crippen molar-refractivity contribution in [1.29, 1.82) is 0 Å². The molecule has 1 aromatic carbocycles. The number of ether oxygens (including phenoxy) is 1. The number of carbonyl (C=O) groups excluding carboxylic acids is 2. The van der Waals surface area contributed by atoms with Crippen LogP contribution in [0.25, 0.3) is 0 Å². The second kappa shape index (κ2) is 6.16. The van der Waals surface area contributed by atoms with Gasteiger partial charge in [-0.3, -0.25) is 9.59 Å². The zero-order valence-corrected chi connectivity index (χ0v) is 14.7. The average Bonchev–Trinajstić information content (AvgIpc) is 2.64. The van der Waals surface area contributed by atoms with Crippen molar-refractivity contribution in [1.82, 2.24) is 9.96 Å². The smallest absolute Gasteiger partial charge is 0.264 e. The molecule has 7 nitrogen and oxygen atoms in total. The lowest BCUT2D eigenvalue weighted by molar-refractivity contribution is -0.121. The van der Waals surface area contributed by atoms with Crippen molar-refractivity contribution in [2.75, 3.05) is 38.2 Å². The van der Waals surface area contributed by atoms with E-state index in [4.69, 9.17) is 16.3 Å². The lowest BCUT2D eigenvalue weighted by Gasteiger charge is -2.51. The number of hydrogen-bond acceptors (Lipinski definition) is 5. The van der Waals surface area contributed by atoms with Crippen molar-refractivity contribution in [2.45, 2.75) is 18.9 Å². The Bertz CT molecular complexity index is 733. The molecule has 1 aromatic rings. The van der Waals surface area contributed by atoms with Crippen LogP contribution >= 0.6 is 11.6 Å².